The lowest BCUT2D eigenvalue weighted by Gasteiger charge is -2.33. The van der Waals surface area contributed by atoms with Crippen LogP contribution in [-0.4, -0.2) is 59.7 Å². The molecule has 0 N–H and O–H groups in total. The standard InChI is InChI=1S/C14H24N4O3S/c1-2-3-10-22(19,20)18-8-6-17(7-9-18)11-13-15-14(21-16-13)12-4-5-12/h12H,2-11H2,1H3. The van der Waals surface area contributed by atoms with Crippen molar-refractivity contribution >= 4 is 10.0 Å². The summed E-state index contributed by atoms with van der Waals surface area (Å²) in [4.78, 5) is 6.61. The minimum Gasteiger partial charge on any atom is -0.339 e. The van der Waals surface area contributed by atoms with Crippen LogP contribution >= 0.6 is 0 Å². The highest BCUT2D eigenvalue weighted by atomic mass is 32.2. The van der Waals surface area contributed by atoms with Gasteiger partial charge in [0.1, 0.15) is 0 Å². The summed E-state index contributed by atoms with van der Waals surface area (Å²) in [5.41, 5.74) is 0. The summed E-state index contributed by atoms with van der Waals surface area (Å²) >= 11 is 0. The third-order valence-electron chi connectivity index (χ3n) is 4.26. The van der Waals surface area contributed by atoms with E-state index < -0.39 is 10.0 Å². The molecule has 0 aromatic carbocycles. The van der Waals surface area contributed by atoms with E-state index in [4.69, 9.17) is 4.52 Å². The minimum atomic E-state index is -3.08. The number of unbranched alkanes of at least 4 members (excludes halogenated alkanes) is 1. The van der Waals surface area contributed by atoms with E-state index in [9.17, 15) is 8.42 Å². The average Bonchev–Trinajstić information content (AvgIpc) is 3.26. The molecule has 1 aromatic heterocycles. The van der Waals surface area contributed by atoms with E-state index in [1.807, 2.05) is 6.92 Å². The largest absolute Gasteiger partial charge is 0.339 e. The van der Waals surface area contributed by atoms with Crippen molar-refractivity contribution in [3.63, 3.8) is 0 Å². The molecule has 22 heavy (non-hydrogen) atoms. The van der Waals surface area contributed by atoms with Gasteiger partial charge in [0.25, 0.3) is 0 Å². The number of aromatic nitrogens is 2. The van der Waals surface area contributed by atoms with Crippen molar-refractivity contribution < 1.29 is 12.9 Å². The fraction of sp³-hybridized carbons (Fsp3) is 0.857. The molecule has 1 saturated heterocycles. The van der Waals surface area contributed by atoms with E-state index in [0.29, 0.717) is 31.4 Å². The third kappa shape index (κ3) is 3.85. The maximum absolute atomic E-state index is 12.2. The smallest absolute Gasteiger partial charge is 0.229 e. The monoisotopic (exact) mass is 328 g/mol. The lowest BCUT2D eigenvalue weighted by molar-refractivity contribution is 0.176. The van der Waals surface area contributed by atoms with Gasteiger partial charge >= 0.3 is 0 Å². The second-order valence-corrected chi connectivity index (χ2v) is 8.26. The highest BCUT2D eigenvalue weighted by Crippen LogP contribution is 2.38. The molecule has 2 heterocycles. The zero-order chi connectivity index (χ0) is 15.6. The van der Waals surface area contributed by atoms with Crippen molar-refractivity contribution in [1.82, 2.24) is 19.3 Å². The molecule has 0 radical (unpaired) electrons. The van der Waals surface area contributed by atoms with Gasteiger partial charge in [0.05, 0.1) is 12.3 Å². The summed E-state index contributed by atoms with van der Waals surface area (Å²) in [6.07, 6.45) is 3.93. The van der Waals surface area contributed by atoms with Gasteiger partial charge in [-0.25, -0.2) is 8.42 Å². The Morgan fingerprint density at radius 2 is 1.95 bits per heavy atom. The van der Waals surface area contributed by atoms with Crippen LogP contribution in [0.1, 0.15) is 50.2 Å². The summed E-state index contributed by atoms with van der Waals surface area (Å²) in [5.74, 6) is 2.21. The van der Waals surface area contributed by atoms with Gasteiger partial charge in [0.2, 0.25) is 15.9 Å². The first-order valence-electron chi connectivity index (χ1n) is 8.11. The number of hydrogen-bond donors (Lipinski definition) is 0. The van der Waals surface area contributed by atoms with Crippen LogP contribution in [0.3, 0.4) is 0 Å². The Bertz CT molecular complexity index is 589. The Kier molecular flexibility index (Phi) is 4.79. The molecular formula is C14H24N4O3S. The molecular weight excluding hydrogens is 304 g/mol. The number of piperazine rings is 1. The first-order valence-corrected chi connectivity index (χ1v) is 9.72. The predicted octanol–water partition coefficient (Wildman–Crippen LogP) is 1.19. The van der Waals surface area contributed by atoms with Gasteiger partial charge in [-0.3, -0.25) is 4.90 Å². The molecule has 0 amide bonds. The zero-order valence-electron chi connectivity index (χ0n) is 13.1. The molecule has 8 heteroatoms. The van der Waals surface area contributed by atoms with Gasteiger partial charge in [-0.05, 0) is 19.3 Å². The lowest BCUT2D eigenvalue weighted by atomic mass is 10.3. The Balaban J connectivity index is 1.48. The molecule has 2 fully saturated rings. The quantitative estimate of drug-likeness (QED) is 0.748. The molecule has 0 bridgehead atoms. The Hall–Kier alpha value is -0.990. The molecule has 7 nitrogen and oxygen atoms in total. The van der Waals surface area contributed by atoms with Crippen LogP contribution in [0, 0.1) is 0 Å². The maximum Gasteiger partial charge on any atom is 0.229 e. The summed E-state index contributed by atoms with van der Waals surface area (Å²) in [6.45, 7) is 5.20. The van der Waals surface area contributed by atoms with Gasteiger partial charge in [0, 0.05) is 32.1 Å². The third-order valence-corrected chi connectivity index (χ3v) is 6.21. The first kappa shape index (κ1) is 15.9. The Morgan fingerprint density at radius 3 is 2.59 bits per heavy atom. The van der Waals surface area contributed by atoms with Crippen LogP contribution in [0.25, 0.3) is 0 Å². The number of rotatable bonds is 7. The molecule has 1 saturated carbocycles. The Morgan fingerprint density at radius 1 is 1.23 bits per heavy atom. The molecule has 124 valence electrons. The second kappa shape index (κ2) is 6.64. The van der Waals surface area contributed by atoms with Crippen LogP contribution < -0.4 is 0 Å². The van der Waals surface area contributed by atoms with Crippen molar-refractivity contribution in [2.24, 2.45) is 0 Å². The molecule has 0 atom stereocenters. The van der Waals surface area contributed by atoms with Gasteiger partial charge in [0.15, 0.2) is 5.82 Å². The van der Waals surface area contributed by atoms with Gasteiger partial charge in [-0.15, -0.1) is 0 Å². The SMILES string of the molecule is CCCCS(=O)(=O)N1CCN(Cc2noc(C3CC3)n2)CC1. The van der Waals surface area contributed by atoms with Crippen molar-refractivity contribution in [2.45, 2.75) is 45.1 Å². The van der Waals surface area contributed by atoms with Crippen molar-refractivity contribution in [3.8, 4) is 0 Å². The fourth-order valence-corrected chi connectivity index (χ4v) is 4.28. The van der Waals surface area contributed by atoms with E-state index in [2.05, 4.69) is 15.0 Å². The minimum absolute atomic E-state index is 0.263. The normalized spacial score (nSPS) is 21.3. The van der Waals surface area contributed by atoms with E-state index >= 15 is 0 Å². The maximum atomic E-state index is 12.2. The second-order valence-electron chi connectivity index (χ2n) is 6.17. The van der Waals surface area contributed by atoms with E-state index in [1.54, 1.807) is 4.31 Å². The molecule has 1 aliphatic carbocycles. The summed E-state index contributed by atoms with van der Waals surface area (Å²) in [7, 11) is -3.08. The Labute approximate surface area is 131 Å². The van der Waals surface area contributed by atoms with Gasteiger partial charge < -0.3 is 4.52 Å². The molecule has 1 aliphatic heterocycles. The highest BCUT2D eigenvalue weighted by molar-refractivity contribution is 7.89. The molecule has 0 unspecified atom stereocenters. The van der Waals surface area contributed by atoms with E-state index in [1.165, 1.54) is 0 Å². The van der Waals surface area contributed by atoms with Crippen LogP contribution in [0.5, 0.6) is 0 Å². The van der Waals surface area contributed by atoms with Crippen LogP contribution in [0.2, 0.25) is 0 Å². The van der Waals surface area contributed by atoms with Gasteiger partial charge in [-0.2, -0.15) is 9.29 Å². The van der Waals surface area contributed by atoms with Gasteiger partial charge in [-0.1, -0.05) is 18.5 Å². The summed E-state index contributed by atoms with van der Waals surface area (Å²) in [5, 5.41) is 4.02. The van der Waals surface area contributed by atoms with E-state index in [0.717, 1.165) is 44.7 Å². The zero-order valence-corrected chi connectivity index (χ0v) is 13.9. The number of hydrogen-bond acceptors (Lipinski definition) is 6. The van der Waals surface area contributed by atoms with Crippen molar-refractivity contribution in [2.75, 3.05) is 31.9 Å². The van der Waals surface area contributed by atoms with Crippen LogP contribution in [0.15, 0.2) is 4.52 Å². The average molecular weight is 328 g/mol. The molecule has 3 rings (SSSR count). The predicted molar refractivity (Wildman–Crippen MR) is 81.8 cm³/mol. The summed E-state index contributed by atoms with van der Waals surface area (Å²) < 4.78 is 31.2. The topological polar surface area (TPSA) is 79.5 Å². The first-order chi connectivity index (χ1) is 10.6. The molecule has 1 aromatic rings. The van der Waals surface area contributed by atoms with Crippen LogP contribution in [-0.2, 0) is 16.6 Å². The fourth-order valence-electron chi connectivity index (χ4n) is 2.65. The summed E-state index contributed by atoms with van der Waals surface area (Å²) in [6, 6.07) is 0. The number of nitrogens with zero attached hydrogens (tertiary/aromatic N) is 4. The number of sulfonamides is 1. The van der Waals surface area contributed by atoms with Crippen molar-refractivity contribution in [3.05, 3.63) is 11.7 Å². The lowest BCUT2D eigenvalue weighted by Crippen LogP contribution is -2.48. The highest BCUT2D eigenvalue weighted by Gasteiger charge is 2.30. The van der Waals surface area contributed by atoms with E-state index in [-0.39, 0.29) is 5.75 Å². The molecule has 0 spiro atoms. The van der Waals surface area contributed by atoms with Crippen molar-refractivity contribution in [1.29, 1.82) is 0 Å². The molecule has 2 aliphatic rings. The van der Waals surface area contributed by atoms with Crippen LogP contribution in [0.4, 0.5) is 0 Å².